The SMILES string of the molecule is N#Cc1cccc(S(=O)(=O)NCC2CCCc3ccccc32)c1. The van der Waals surface area contributed by atoms with Crippen LogP contribution in [0.25, 0.3) is 0 Å². The molecule has 0 saturated carbocycles. The lowest BCUT2D eigenvalue weighted by molar-refractivity contribution is 0.529. The summed E-state index contributed by atoms with van der Waals surface area (Å²) < 4.78 is 27.6. The van der Waals surface area contributed by atoms with Gasteiger partial charge >= 0.3 is 0 Å². The second-order valence-electron chi connectivity index (χ2n) is 5.78. The minimum atomic E-state index is -3.60. The van der Waals surface area contributed by atoms with Gasteiger partial charge < -0.3 is 0 Å². The van der Waals surface area contributed by atoms with Crippen molar-refractivity contribution in [3.8, 4) is 6.07 Å². The predicted octanol–water partition coefficient (Wildman–Crippen LogP) is 2.96. The summed E-state index contributed by atoms with van der Waals surface area (Å²) in [5.74, 6) is 0.203. The van der Waals surface area contributed by atoms with Crippen LogP contribution in [0, 0.1) is 11.3 Å². The third kappa shape index (κ3) is 3.44. The molecule has 0 saturated heterocycles. The molecule has 5 heteroatoms. The fraction of sp³-hybridized carbons (Fsp3) is 0.278. The first-order valence-corrected chi connectivity index (χ1v) is 9.16. The van der Waals surface area contributed by atoms with E-state index in [9.17, 15) is 8.42 Å². The number of hydrogen-bond acceptors (Lipinski definition) is 3. The topological polar surface area (TPSA) is 70.0 Å². The highest BCUT2D eigenvalue weighted by molar-refractivity contribution is 7.89. The van der Waals surface area contributed by atoms with Gasteiger partial charge in [-0.25, -0.2) is 13.1 Å². The van der Waals surface area contributed by atoms with Crippen molar-refractivity contribution in [1.82, 2.24) is 4.72 Å². The molecule has 4 nitrogen and oxygen atoms in total. The van der Waals surface area contributed by atoms with E-state index in [1.807, 2.05) is 18.2 Å². The maximum absolute atomic E-state index is 12.4. The number of nitrogens with zero attached hydrogens (tertiary/aromatic N) is 1. The number of fused-ring (bicyclic) bond motifs is 1. The third-order valence-electron chi connectivity index (χ3n) is 4.29. The zero-order valence-electron chi connectivity index (χ0n) is 12.7. The Balaban J connectivity index is 1.77. The summed E-state index contributed by atoms with van der Waals surface area (Å²) >= 11 is 0. The van der Waals surface area contributed by atoms with E-state index in [4.69, 9.17) is 5.26 Å². The molecule has 3 rings (SSSR count). The molecule has 1 atom stereocenters. The zero-order valence-corrected chi connectivity index (χ0v) is 13.5. The van der Waals surface area contributed by atoms with Gasteiger partial charge in [-0.3, -0.25) is 0 Å². The van der Waals surface area contributed by atoms with Gasteiger partial charge in [0.25, 0.3) is 0 Å². The molecular weight excluding hydrogens is 308 g/mol. The first-order valence-electron chi connectivity index (χ1n) is 7.68. The van der Waals surface area contributed by atoms with E-state index in [0.29, 0.717) is 12.1 Å². The quantitative estimate of drug-likeness (QED) is 0.939. The highest BCUT2D eigenvalue weighted by atomic mass is 32.2. The summed E-state index contributed by atoms with van der Waals surface area (Å²) in [5, 5.41) is 8.91. The molecular formula is C18H18N2O2S. The Morgan fingerprint density at radius 3 is 2.83 bits per heavy atom. The summed E-state index contributed by atoms with van der Waals surface area (Å²) in [7, 11) is -3.60. The monoisotopic (exact) mass is 326 g/mol. The van der Waals surface area contributed by atoms with Gasteiger partial charge in [-0.2, -0.15) is 5.26 Å². The van der Waals surface area contributed by atoms with Crippen molar-refractivity contribution >= 4 is 10.0 Å². The minimum absolute atomic E-state index is 0.139. The molecule has 0 radical (unpaired) electrons. The van der Waals surface area contributed by atoms with Crippen molar-refractivity contribution in [3.63, 3.8) is 0 Å². The van der Waals surface area contributed by atoms with E-state index in [1.165, 1.54) is 23.3 Å². The van der Waals surface area contributed by atoms with Crippen molar-refractivity contribution < 1.29 is 8.42 Å². The van der Waals surface area contributed by atoms with Crippen molar-refractivity contribution in [2.75, 3.05) is 6.54 Å². The van der Waals surface area contributed by atoms with E-state index in [1.54, 1.807) is 12.1 Å². The lowest BCUT2D eigenvalue weighted by atomic mass is 9.83. The van der Waals surface area contributed by atoms with E-state index in [2.05, 4.69) is 16.9 Å². The van der Waals surface area contributed by atoms with Crippen molar-refractivity contribution in [3.05, 3.63) is 65.2 Å². The van der Waals surface area contributed by atoms with Gasteiger partial charge in [0.05, 0.1) is 16.5 Å². The van der Waals surface area contributed by atoms with Crippen LogP contribution in [0.2, 0.25) is 0 Å². The molecule has 1 unspecified atom stereocenters. The summed E-state index contributed by atoms with van der Waals surface area (Å²) in [4.78, 5) is 0.139. The largest absolute Gasteiger partial charge is 0.240 e. The molecule has 1 N–H and O–H groups in total. The molecule has 0 aliphatic heterocycles. The highest BCUT2D eigenvalue weighted by Crippen LogP contribution is 2.31. The van der Waals surface area contributed by atoms with Crippen molar-refractivity contribution in [1.29, 1.82) is 5.26 Å². The Kier molecular flexibility index (Phi) is 4.46. The highest BCUT2D eigenvalue weighted by Gasteiger charge is 2.22. The smallest absolute Gasteiger partial charge is 0.211 e. The maximum Gasteiger partial charge on any atom is 0.240 e. The Morgan fingerprint density at radius 1 is 1.17 bits per heavy atom. The van der Waals surface area contributed by atoms with Crippen LogP contribution in [-0.2, 0) is 16.4 Å². The Hall–Kier alpha value is -2.16. The van der Waals surface area contributed by atoms with Crippen LogP contribution in [0.1, 0.15) is 35.4 Å². The normalized spacial score (nSPS) is 17.3. The first kappa shape index (κ1) is 15.7. The lowest BCUT2D eigenvalue weighted by Gasteiger charge is -2.25. The first-order chi connectivity index (χ1) is 11.1. The Morgan fingerprint density at radius 2 is 2.00 bits per heavy atom. The Bertz CT molecular complexity index is 853. The van der Waals surface area contributed by atoms with Crippen molar-refractivity contribution in [2.24, 2.45) is 0 Å². The number of aryl methyl sites for hydroxylation is 1. The van der Waals surface area contributed by atoms with E-state index in [-0.39, 0.29) is 10.8 Å². The summed E-state index contributed by atoms with van der Waals surface area (Å²) in [6.45, 7) is 0.385. The molecule has 0 amide bonds. The van der Waals surface area contributed by atoms with Crippen LogP contribution in [0.4, 0.5) is 0 Å². The molecule has 0 aromatic heterocycles. The van der Waals surface area contributed by atoms with Gasteiger partial charge in [0.2, 0.25) is 10.0 Å². The van der Waals surface area contributed by atoms with E-state index >= 15 is 0 Å². The van der Waals surface area contributed by atoms with E-state index in [0.717, 1.165) is 19.3 Å². The molecule has 0 heterocycles. The van der Waals surface area contributed by atoms with Crippen LogP contribution < -0.4 is 4.72 Å². The molecule has 1 aliphatic rings. The zero-order chi connectivity index (χ0) is 16.3. The average molecular weight is 326 g/mol. The molecule has 0 spiro atoms. The van der Waals surface area contributed by atoms with E-state index < -0.39 is 10.0 Å². The predicted molar refractivity (Wildman–Crippen MR) is 88.5 cm³/mol. The molecule has 23 heavy (non-hydrogen) atoms. The fourth-order valence-corrected chi connectivity index (χ4v) is 4.22. The average Bonchev–Trinajstić information content (AvgIpc) is 2.60. The summed E-state index contributed by atoms with van der Waals surface area (Å²) in [5.41, 5.74) is 2.90. The number of nitrogens with one attached hydrogen (secondary N) is 1. The number of benzene rings is 2. The Labute approximate surface area is 136 Å². The van der Waals surface area contributed by atoms with Crippen LogP contribution in [0.5, 0.6) is 0 Å². The molecule has 2 aromatic carbocycles. The molecule has 0 fully saturated rings. The standard InChI is InChI=1S/C18H18N2O2S/c19-12-14-5-3-9-17(11-14)23(21,22)20-13-16-8-4-7-15-6-1-2-10-18(15)16/h1-3,5-6,9-11,16,20H,4,7-8,13H2. The van der Waals surface area contributed by atoms with Crippen LogP contribution in [0.3, 0.4) is 0 Å². The maximum atomic E-state index is 12.4. The summed E-state index contributed by atoms with van der Waals surface area (Å²) in [6.07, 6.45) is 3.12. The van der Waals surface area contributed by atoms with Gasteiger partial charge in [-0.1, -0.05) is 30.3 Å². The van der Waals surface area contributed by atoms with Gasteiger partial charge in [0, 0.05) is 6.54 Å². The van der Waals surface area contributed by atoms with Gasteiger partial charge in [-0.15, -0.1) is 0 Å². The number of sulfonamides is 1. The fourth-order valence-electron chi connectivity index (χ4n) is 3.09. The molecule has 0 bridgehead atoms. The van der Waals surface area contributed by atoms with Gasteiger partial charge in [-0.05, 0) is 54.5 Å². The second-order valence-corrected chi connectivity index (χ2v) is 7.55. The van der Waals surface area contributed by atoms with Gasteiger partial charge in [0.1, 0.15) is 0 Å². The van der Waals surface area contributed by atoms with Gasteiger partial charge in [0.15, 0.2) is 0 Å². The lowest BCUT2D eigenvalue weighted by Crippen LogP contribution is -2.30. The summed E-state index contributed by atoms with van der Waals surface area (Å²) in [6, 6.07) is 16.3. The second kappa shape index (κ2) is 6.53. The van der Waals surface area contributed by atoms with Crippen LogP contribution in [0.15, 0.2) is 53.4 Å². The molecule has 1 aliphatic carbocycles. The molecule has 2 aromatic rings. The third-order valence-corrected chi connectivity index (χ3v) is 5.71. The minimum Gasteiger partial charge on any atom is -0.211 e. The van der Waals surface area contributed by atoms with Crippen LogP contribution >= 0.6 is 0 Å². The number of nitriles is 1. The van der Waals surface area contributed by atoms with Crippen molar-refractivity contribution in [2.45, 2.75) is 30.1 Å². The van der Waals surface area contributed by atoms with Crippen LogP contribution in [-0.4, -0.2) is 15.0 Å². The molecule has 118 valence electrons. The number of rotatable bonds is 4. The number of hydrogen-bond donors (Lipinski definition) is 1.